The summed E-state index contributed by atoms with van der Waals surface area (Å²) in [7, 11) is 0. The van der Waals surface area contributed by atoms with Crippen LogP contribution in [0.2, 0.25) is 0 Å². The smallest absolute Gasteiger partial charge is 0.244 e. The van der Waals surface area contributed by atoms with E-state index in [4.69, 9.17) is 0 Å². The second kappa shape index (κ2) is 6.13. The molecule has 0 bridgehead atoms. The minimum Gasteiger partial charge on any atom is -0.362 e. The molecule has 5 heteroatoms. The standard InChI is InChI=1S/C17H16F2N2O/c18-13-7-3-8-14(19)17(13)20-16(22)11-21-10-4-6-12-5-1-2-9-15(12)21/h1-3,5,7-9H,4,6,10-11H2,(H,20,22). The van der Waals surface area contributed by atoms with Crippen LogP contribution in [0.25, 0.3) is 0 Å². The van der Waals surface area contributed by atoms with E-state index in [0.29, 0.717) is 0 Å². The highest BCUT2D eigenvalue weighted by atomic mass is 19.1. The van der Waals surface area contributed by atoms with E-state index in [0.717, 1.165) is 37.2 Å². The molecule has 0 radical (unpaired) electrons. The van der Waals surface area contributed by atoms with Crippen molar-refractivity contribution in [1.29, 1.82) is 0 Å². The molecule has 0 saturated carbocycles. The number of halogens is 2. The Balaban J connectivity index is 1.73. The number of fused-ring (bicyclic) bond motifs is 1. The number of aryl methyl sites for hydroxylation is 1. The highest BCUT2D eigenvalue weighted by molar-refractivity contribution is 5.94. The Morgan fingerprint density at radius 3 is 2.59 bits per heavy atom. The number of hydrogen-bond acceptors (Lipinski definition) is 2. The maximum absolute atomic E-state index is 13.6. The summed E-state index contributed by atoms with van der Waals surface area (Å²) < 4.78 is 27.1. The molecule has 1 heterocycles. The van der Waals surface area contributed by atoms with Gasteiger partial charge in [-0.25, -0.2) is 8.78 Å². The van der Waals surface area contributed by atoms with Crippen LogP contribution in [0.15, 0.2) is 42.5 Å². The molecule has 1 aliphatic heterocycles. The predicted molar refractivity (Wildman–Crippen MR) is 82.0 cm³/mol. The third-order valence-electron chi connectivity index (χ3n) is 3.77. The number of rotatable bonds is 3. The number of para-hydroxylation sites is 2. The van der Waals surface area contributed by atoms with Gasteiger partial charge in [-0.1, -0.05) is 24.3 Å². The second-order valence-electron chi connectivity index (χ2n) is 5.30. The molecule has 0 aromatic heterocycles. The van der Waals surface area contributed by atoms with Gasteiger partial charge in [-0.3, -0.25) is 4.79 Å². The van der Waals surface area contributed by atoms with Gasteiger partial charge in [-0.15, -0.1) is 0 Å². The molecule has 1 amide bonds. The maximum Gasteiger partial charge on any atom is 0.244 e. The maximum atomic E-state index is 13.6. The van der Waals surface area contributed by atoms with Gasteiger partial charge in [0.1, 0.15) is 17.3 Å². The van der Waals surface area contributed by atoms with Crippen LogP contribution in [0.1, 0.15) is 12.0 Å². The van der Waals surface area contributed by atoms with Crippen molar-refractivity contribution in [2.45, 2.75) is 12.8 Å². The average Bonchev–Trinajstić information content (AvgIpc) is 2.51. The van der Waals surface area contributed by atoms with Crippen LogP contribution in [0.4, 0.5) is 20.2 Å². The molecule has 3 nitrogen and oxygen atoms in total. The molecule has 0 atom stereocenters. The van der Waals surface area contributed by atoms with Crippen LogP contribution in [0.5, 0.6) is 0 Å². The lowest BCUT2D eigenvalue weighted by Crippen LogP contribution is -2.37. The van der Waals surface area contributed by atoms with Gasteiger partial charge in [0.2, 0.25) is 5.91 Å². The highest BCUT2D eigenvalue weighted by Gasteiger charge is 2.20. The molecule has 0 saturated heterocycles. The summed E-state index contributed by atoms with van der Waals surface area (Å²) in [6.45, 7) is 0.828. The largest absolute Gasteiger partial charge is 0.362 e. The van der Waals surface area contributed by atoms with Crippen molar-refractivity contribution in [1.82, 2.24) is 0 Å². The molecule has 0 spiro atoms. The fourth-order valence-electron chi connectivity index (χ4n) is 2.75. The predicted octanol–water partition coefficient (Wildman–Crippen LogP) is 3.36. The second-order valence-corrected chi connectivity index (χ2v) is 5.30. The zero-order chi connectivity index (χ0) is 15.5. The van der Waals surface area contributed by atoms with E-state index in [2.05, 4.69) is 5.32 Å². The molecule has 114 valence electrons. The molecule has 22 heavy (non-hydrogen) atoms. The van der Waals surface area contributed by atoms with E-state index < -0.39 is 23.2 Å². The fraction of sp³-hybridized carbons (Fsp3) is 0.235. The molecule has 1 aliphatic rings. The quantitative estimate of drug-likeness (QED) is 0.943. The van der Waals surface area contributed by atoms with Crippen LogP contribution < -0.4 is 10.2 Å². The molecular formula is C17H16F2N2O. The van der Waals surface area contributed by atoms with Crippen LogP contribution >= 0.6 is 0 Å². The SMILES string of the molecule is O=C(CN1CCCc2ccccc21)Nc1c(F)cccc1F. The molecular weight excluding hydrogens is 286 g/mol. The Morgan fingerprint density at radius 2 is 1.82 bits per heavy atom. The van der Waals surface area contributed by atoms with Crippen molar-refractivity contribution in [3.63, 3.8) is 0 Å². The van der Waals surface area contributed by atoms with E-state index in [1.807, 2.05) is 29.2 Å². The molecule has 1 N–H and O–H groups in total. The van der Waals surface area contributed by atoms with Crippen molar-refractivity contribution in [3.8, 4) is 0 Å². The van der Waals surface area contributed by atoms with Crippen molar-refractivity contribution < 1.29 is 13.6 Å². The zero-order valence-corrected chi connectivity index (χ0v) is 12.0. The Kier molecular flexibility index (Phi) is 4.04. The van der Waals surface area contributed by atoms with Crippen LogP contribution in [-0.4, -0.2) is 19.0 Å². The number of anilines is 2. The molecule has 0 unspecified atom stereocenters. The lowest BCUT2D eigenvalue weighted by molar-refractivity contribution is -0.115. The summed E-state index contributed by atoms with van der Waals surface area (Å²) in [5, 5.41) is 2.33. The van der Waals surface area contributed by atoms with E-state index in [1.165, 1.54) is 11.6 Å². The number of nitrogens with zero attached hydrogens (tertiary/aromatic N) is 1. The van der Waals surface area contributed by atoms with Gasteiger partial charge in [0.15, 0.2) is 0 Å². The summed E-state index contributed by atoms with van der Waals surface area (Å²) >= 11 is 0. The molecule has 2 aromatic carbocycles. The number of carbonyl (C=O) groups excluding carboxylic acids is 1. The van der Waals surface area contributed by atoms with Gasteiger partial charge in [0.05, 0.1) is 6.54 Å². The first-order valence-corrected chi connectivity index (χ1v) is 7.22. The highest BCUT2D eigenvalue weighted by Crippen LogP contribution is 2.26. The third kappa shape index (κ3) is 2.93. The normalized spacial score (nSPS) is 13.6. The lowest BCUT2D eigenvalue weighted by Gasteiger charge is -2.30. The first-order valence-electron chi connectivity index (χ1n) is 7.22. The van der Waals surface area contributed by atoms with Crippen LogP contribution in [-0.2, 0) is 11.2 Å². The van der Waals surface area contributed by atoms with Gasteiger partial charge in [0.25, 0.3) is 0 Å². The monoisotopic (exact) mass is 302 g/mol. The van der Waals surface area contributed by atoms with Gasteiger partial charge in [-0.05, 0) is 36.6 Å². The van der Waals surface area contributed by atoms with Crippen molar-refractivity contribution >= 4 is 17.3 Å². The van der Waals surface area contributed by atoms with E-state index >= 15 is 0 Å². The number of benzene rings is 2. The molecule has 2 aromatic rings. The molecule has 0 fully saturated rings. The topological polar surface area (TPSA) is 32.3 Å². The van der Waals surface area contributed by atoms with Gasteiger partial charge < -0.3 is 10.2 Å². The lowest BCUT2D eigenvalue weighted by atomic mass is 10.0. The summed E-state index contributed by atoms with van der Waals surface area (Å²) in [5.41, 5.74) is 1.81. The summed E-state index contributed by atoms with van der Waals surface area (Å²) in [6, 6.07) is 11.4. The number of nitrogens with one attached hydrogen (secondary N) is 1. The van der Waals surface area contributed by atoms with Gasteiger partial charge in [0, 0.05) is 12.2 Å². The van der Waals surface area contributed by atoms with Crippen molar-refractivity contribution in [2.75, 3.05) is 23.3 Å². The first-order chi connectivity index (χ1) is 10.6. The van der Waals surface area contributed by atoms with Gasteiger partial charge >= 0.3 is 0 Å². The minimum absolute atomic E-state index is 0.0742. The fourth-order valence-corrected chi connectivity index (χ4v) is 2.75. The Morgan fingerprint density at radius 1 is 1.09 bits per heavy atom. The number of hydrogen-bond donors (Lipinski definition) is 1. The van der Waals surface area contributed by atoms with E-state index in [-0.39, 0.29) is 6.54 Å². The third-order valence-corrected chi connectivity index (χ3v) is 3.77. The van der Waals surface area contributed by atoms with Crippen LogP contribution in [0, 0.1) is 11.6 Å². The Hall–Kier alpha value is -2.43. The Bertz CT molecular complexity index is 683. The summed E-state index contributed by atoms with van der Waals surface area (Å²) in [5.74, 6) is -1.97. The first kappa shape index (κ1) is 14.5. The summed E-state index contributed by atoms with van der Waals surface area (Å²) in [6.07, 6.45) is 1.94. The Labute approximate surface area is 127 Å². The van der Waals surface area contributed by atoms with Crippen molar-refractivity contribution in [3.05, 3.63) is 59.7 Å². The molecule has 3 rings (SSSR count). The van der Waals surface area contributed by atoms with Gasteiger partial charge in [-0.2, -0.15) is 0 Å². The number of amides is 1. The summed E-state index contributed by atoms with van der Waals surface area (Å²) in [4.78, 5) is 14.0. The van der Waals surface area contributed by atoms with E-state index in [9.17, 15) is 13.6 Å². The van der Waals surface area contributed by atoms with Crippen LogP contribution in [0.3, 0.4) is 0 Å². The minimum atomic E-state index is -0.771. The number of carbonyl (C=O) groups is 1. The average molecular weight is 302 g/mol. The molecule has 0 aliphatic carbocycles. The van der Waals surface area contributed by atoms with Crippen molar-refractivity contribution in [2.24, 2.45) is 0 Å². The zero-order valence-electron chi connectivity index (χ0n) is 12.0. The van der Waals surface area contributed by atoms with E-state index in [1.54, 1.807) is 0 Å².